The van der Waals surface area contributed by atoms with Gasteiger partial charge in [-0.2, -0.15) is 0 Å². The maximum absolute atomic E-state index is 6.06. The van der Waals surface area contributed by atoms with Crippen LogP contribution in [0.3, 0.4) is 0 Å². The summed E-state index contributed by atoms with van der Waals surface area (Å²) in [5.41, 5.74) is 0. The van der Waals surface area contributed by atoms with Crippen molar-refractivity contribution >= 4 is 33.7 Å². The first kappa shape index (κ1) is 13.7. The molecule has 0 aliphatic heterocycles. The summed E-state index contributed by atoms with van der Waals surface area (Å²) in [5.74, 6) is 0.470. The smallest absolute Gasteiger partial charge is 0.274 e. The summed E-state index contributed by atoms with van der Waals surface area (Å²) in [6, 6.07) is 0. The van der Waals surface area contributed by atoms with E-state index in [-0.39, 0.29) is 6.10 Å². The molecular formula is C7H16Cl2O3Si. The van der Waals surface area contributed by atoms with Crippen molar-refractivity contribution in [3.8, 4) is 0 Å². The van der Waals surface area contributed by atoms with Crippen molar-refractivity contribution in [3.63, 3.8) is 0 Å². The van der Waals surface area contributed by atoms with Gasteiger partial charge in [-0.1, -0.05) is 11.6 Å². The molecule has 0 aromatic rings. The molecule has 0 aliphatic rings. The van der Waals surface area contributed by atoms with E-state index >= 15 is 0 Å². The fourth-order valence-corrected chi connectivity index (χ4v) is 2.21. The van der Waals surface area contributed by atoms with Gasteiger partial charge in [0.25, 0.3) is 5.25 Å². The highest BCUT2D eigenvalue weighted by molar-refractivity contribution is 6.22. The van der Waals surface area contributed by atoms with Crippen LogP contribution < -0.4 is 0 Å². The highest BCUT2D eigenvalue weighted by Crippen LogP contribution is 2.27. The van der Waals surface area contributed by atoms with Crippen LogP contribution in [0.4, 0.5) is 0 Å². The topological polar surface area (TPSA) is 27.7 Å². The van der Waals surface area contributed by atoms with E-state index in [1.807, 2.05) is 6.92 Å². The molecule has 13 heavy (non-hydrogen) atoms. The van der Waals surface area contributed by atoms with Crippen molar-refractivity contribution in [1.29, 1.82) is 0 Å². The molecule has 0 saturated heterocycles. The maximum atomic E-state index is 6.06. The summed E-state index contributed by atoms with van der Waals surface area (Å²) in [4.78, 5) is 0. The monoisotopic (exact) mass is 246 g/mol. The first-order valence-electron chi connectivity index (χ1n) is 4.11. The lowest BCUT2D eigenvalue weighted by molar-refractivity contribution is -0.205. The highest BCUT2D eigenvalue weighted by atomic mass is 35.5. The third kappa shape index (κ3) is 4.14. The summed E-state index contributed by atoms with van der Waals surface area (Å²) in [5, 5.41) is -1.19. The minimum atomic E-state index is -1.19. The van der Waals surface area contributed by atoms with E-state index in [1.165, 1.54) is 7.11 Å². The third-order valence-corrected chi connectivity index (χ3v) is 2.95. The molecule has 0 heterocycles. The van der Waals surface area contributed by atoms with Crippen molar-refractivity contribution < 1.29 is 13.9 Å². The molecule has 0 spiro atoms. The molecule has 0 aromatic heterocycles. The molecule has 0 aromatic carbocycles. The predicted molar refractivity (Wildman–Crippen MR) is 57.4 cm³/mol. The van der Waals surface area contributed by atoms with Crippen LogP contribution in [0, 0.1) is 0 Å². The Hall–Kier alpha value is 0.677. The van der Waals surface area contributed by atoms with Crippen LogP contribution >= 0.6 is 23.2 Å². The molecular weight excluding hydrogens is 231 g/mol. The van der Waals surface area contributed by atoms with Crippen LogP contribution in [-0.2, 0) is 13.9 Å². The zero-order valence-corrected chi connectivity index (χ0v) is 11.7. The summed E-state index contributed by atoms with van der Waals surface area (Å²) < 4.78 is 15.6. The Morgan fingerprint density at radius 3 is 2.46 bits per heavy atom. The normalized spacial score (nSPS) is 18.5. The predicted octanol–water partition coefficient (Wildman–Crippen LogP) is 0.856. The van der Waals surface area contributed by atoms with Crippen LogP contribution in [0.2, 0.25) is 0 Å². The van der Waals surface area contributed by atoms with Gasteiger partial charge in [-0.25, -0.2) is 0 Å². The van der Waals surface area contributed by atoms with Gasteiger partial charge in [-0.3, -0.25) is 0 Å². The molecule has 0 radical (unpaired) electrons. The van der Waals surface area contributed by atoms with Crippen molar-refractivity contribution in [2.45, 2.75) is 24.7 Å². The van der Waals surface area contributed by atoms with Gasteiger partial charge >= 0.3 is 0 Å². The van der Waals surface area contributed by atoms with Gasteiger partial charge in [0.2, 0.25) is 0 Å². The van der Waals surface area contributed by atoms with Crippen LogP contribution in [0.15, 0.2) is 0 Å². The average Bonchev–Trinajstić information content (AvgIpc) is 2.14. The number of methoxy groups -OCH3 is 1. The summed E-state index contributed by atoms with van der Waals surface area (Å²) >= 11 is 11.7. The SMILES string of the molecule is CCOC(Cl)(OC)C(CCCl)O[SiH3]. The highest BCUT2D eigenvalue weighted by Gasteiger charge is 2.37. The summed E-state index contributed by atoms with van der Waals surface area (Å²) in [6.45, 7) is 2.32. The van der Waals surface area contributed by atoms with Gasteiger partial charge in [0.1, 0.15) is 16.6 Å². The Labute approximate surface area is 92.2 Å². The molecule has 0 rings (SSSR count). The Morgan fingerprint density at radius 1 is 1.54 bits per heavy atom. The maximum Gasteiger partial charge on any atom is 0.274 e. The van der Waals surface area contributed by atoms with Gasteiger partial charge in [-0.15, -0.1) is 11.6 Å². The van der Waals surface area contributed by atoms with Gasteiger partial charge in [0.05, 0.1) is 0 Å². The van der Waals surface area contributed by atoms with E-state index in [1.54, 1.807) is 0 Å². The zero-order chi connectivity index (χ0) is 10.3. The lowest BCUT2D eigenvalue weighted by atomic mass is 10.2. The molecule has 2 atom stereocenters. The molecule has 0 fully saturated rings. The molecule has 6 heteroatoms. The standard InChI is InChI=1S/C7H16Cl2O3Si/c1-3-11-7(9,10-2)6(12-13)4-5-8/h6H,3-5H2,1-2,13H3. The van der Waals surface area contributed by atoms with Crippen LogP contribution in [0.1, 0.15) is 13.3 Å². The number of alkyl halides is 2. The van der Waals surface area contributed by atoms with Gasteiger partial charge in [-0.05, 0) is 13.3 Å². The first-order valence-corrected chi connectivity index (χ1v) is 5.84. The van der Waals surface area contributed by atoms with E-state index in [4.69, 9.17) is 37.1 Å². The number of hydrogen-bond donors (Lipinski definition) is 0. The van der Waals surface area contributed by atoms with E-state index in [9.17, 15) is 0 Å². The van der Waals surface area contributed by atoms with Gasteiger partial charge in [0, 0.05) is 19.6 Å². The second kappa shape index (κ2) is 7.03. The van der Waals surface area contributed by atoms with Crippen molar-refractivity contribution in [2.75, 3.05) is 19.6 Å². The Morgan fingerprint density at radius 2 is 2.15 bits per heavy atom. The lowest BCUT2D eigenvalue weighted by Crippen LogP contribution is -2.43. The molecule has 0 amide bonds. The first-order chi connectivity index (χ1) is 6.14. The van der Waals surface area contributed by atoms with E-state index in [0.29, 0.717) is 29.4 Å². The molecule has 0 aliphatic carbocycles. The number of ether oxygens (including phenoxy) is 2. The quantitative estimate of drug-likeness (QED) is 0.379. The zero-order valence-electron chi connectivity index (χ0n) is 8.18. The Bertz CT molecular complexity index is 139. The largest absolute Gasteiger partial charge is 0.418 e. The summed E-state index contributed by atoms with van der Waals surface area (Å²) in [7, 11) is 2.07. The van der Waals surface area contributed by atoms with Crippen LogP contribution in [0.5, 0.6) is 0 Å². The molecule has 3 nitrogen and oxygen atoms in total. The van der Waals surface area contributed by atoms with Gasteiger partial charge in [0.15, 0.2) is 0 Å². The second-order valence-electron chi connectivity index (χ2n) is 2.42. The fourth-order valence-electron chi connectivity index (χ4n) is 1.01. The minimum absolute atomic E-state index is 0.303. The third-order valence-electron chi connectivity index (χ3n) is 1.66. The minimum Gasteiger partial charge on any atom is -0.418 e. The molecule has 80 valence electrons. The van der Waals surface area contributed by atoms with Crippen molar-refractivity contribution in [3.05, 3.63) is 0 Å². The Kier molecular flexibility index (Phi) is 7.40. The molecule has 0 saturated carbocycles. The van der Waals surface area contributed by atoms with E-state index in [2.05, 4.69) is 0 Å². The van der Waals surface area contributed by atoms with E-state index < -0.39 is 5.25 Å². The average molecular weight is 247 g/mol. The summed E-state index contributed by atoms with van der Waals surface area (Å²) in [6.07, 6.45) is 0.311. The lowest BCUT2D eigenvalue weighted by Gasteiger charge is -2.32. The Balaban J connectivity index is 4.29. The van der Waals surface area contributed by atoms with Crippen molar-refractivity contribution in [2.24, 2.45) is 0 Å². The number of hydrogen-bond acceptors (Lipinski definition) is 3. The number of rotatable bonds is 7. The second-order valence-corrected chi connectivity index (χ2v) is 3.80. The molecule has 0 bridgehead atoms. The fraction of sp³-hybridized carbons (Fsp3) is 1.00. The van der Waals surface area contributed by atoms with Crippen LogP contribution in [-0.4, -0.2) is 41.4 Å². The molecule has 2 unspecified atom stereocenters. The number of halogens is 2. The van der Waals surface area contributed by atoms with Crippen molar-refractivity contribution in [1.82, 2.24) is 0 Å². The van der Waals surface area contributed by atoms with E-state index in [0.717, 1.165) is 0 Å². The van der Waals surface area contributed by atoms with Crippen LogP contribution in [0.25, 0.3) is 0 Å². The van der Waals surface area contributed by atoms with Gasteiger partial charge < -0.3 is 13.9 Å². The molecule has 0 N–H and O–H groups in total.